The van der Waals surface area contributed by atoms with E-state index in [1.165, 1.54) is 9.87 Å². The van der Waals surface area contributed by atoms with Gasteiger partial charge in [0, 0.05) is 13.1 Å². The number of sulfonamides is 1. The molecule has 3 aromatic carbocycles. The standard InChI is InChI=1S/C24H26N2O4S/c1-3-26(31(28,29)23-7-5-4-6-8-23)21-13-15-22(16-14-21)30-18-24(27)25-17-20-11-9-19(2)10-12-20/h4-16H,3,17-18H2,1-2H3,(H,25,27). The summed E-state index contributed by atoms with van der Waals surface area (Å²) in [6.45, 7) is 4.40. The average Bonchev–Trinajstić information content (AvgIpc) is 2.79. The molecule has 0 spiro atoms. The molecular formula is C24H26N2O4S. The lowest BCUT2D eigenvalue weighted by Gasteiger charge is -2.23. The van der Waals surface area contributed by atoms with Crippen LogP contribution in [-0.2, 0) is 21.4 Å². The third kappa shape index (κ3) is 5.86. The molecule has 0 aliphatic carbocycles. The summed E-state index contributed by atoms with van der Waals surface area (Å²) < 4.78 is 32.7. The molecule has 7 heteroatoms. The number of carbonyl (C=O) groups excluding carboxylic acids is 1. The third-order valence-electron chi connectivity index (χ3n) is 4.72. The molecule has 1 amide bonds. The van der Waals surface area contributed by atoms with E-state index >= 15 is 0 Å². The van der Waals surface area contributed by atoms with Gasteiger partial charge in [-0.2, -0.15) is 0 Å². The van der Waals surface area contributed by atoms with Crippen LogP contribution in [0.2, 0.25) is 0 Å². The van der Waals surface area contributed by atoms with E-state index in [0.717, 1.165) is 5.56 Å². The van der Waals surface area contributed by atoms with Gasteiger partial charge in [-0.05, 0) is 55.8 Å². The molecule has 0 aromatic heterocycles. The lowest BCUT2D eigenvalue weighted by atomic mass is 10.1. The molecule has 0 atom stereocenters. The minimum absolute atomic E-state index is 0.120. The van der Waals surface area contributed by atoms with Crippen LogP contribution in [0.3, 0.4) is 0 Å². The van der Waals surface area contributed by atoms with Crippen molar-refractivity contribution in [2.45, 2.75) is 25.3 Å². The predicted octanol–water partition coefficient (Wildman–Crippen LogP) is 3.91. The molecule has 0 radical (unpaired) electrons. The maximum absolute atomic E-state index is 12.9. The third-order valence-corrected chi connectivity index (χ3v) is 6.64. The van der Waals surface area contributed by atoms with Crippen LogP contribution in [0.25, 0.3) is 0 Å². The fraction of sp³-hybridized carbons (Fsp3) is 0.208. The molecule has 0 fully saturated rings. The Hall–Kier alpha value is -3.32. The first kappa shape index (κ1) is 22.4. The minimum atomic E-state index is -3.65. The van der Waals surface area contributed by atoms with Crippen molar-refractivity contribution in [3.05, 3.63) is 90.0 Å². The molecule has 0 unspecified atom stereocenters. The Morgan fingerprint density at radius 2 is 1.58 bits per heavy atom. The predicted molar refractivity (Wildman–Crippen MR) is 122 cm³/mol. The van der Waals surface area contributed by atoms with Crippen molar-refractivity contribution in [3.63, 3.8) is 0 Å². The van der Waals surface area contributed by atoms with Crippen molar-refractivity contribution in [2.75, 3.05) is 17.5 Å². The molecule has 0 heterocycles. The highest BCUT2D eigenvalue weighted by Gasteiger charge is 2.23. The number of hydrogen-bond acceptors (Lipinski definition) is 4. The van der Waals surface area contributed by atoms with Gasteiger partial charge in [0.2, 0.25) is 0 Å². The minimum Gasteiger partial charge on any atom is -0.484 e. The van der Waals surface area contributed by atoms with Gasteiger partial charge >= 0.3 is 0 Å². The molecule has 0 bridgehead atoms. The normalized spacial score (nSPS) is 11.0. The van der Waals surface area contributed by atoms with Gasteiger partial charge in [-0.1, -0.05) is 48.0 Å². The molecule has 0 aliphatic rings. The molecule has 162 valence electrons. The zero-order valence-electron chi connectivity index (χ0n) is 17.6. The highest BCUT2D eigenvalue weighted by Crippen LogP contribution is 2.25. The van der Waals surface area contributed by atoms with Crippen molar-refractivity contribution in [2.24, 2.45) is 0 Å². The highest BCUT2D eigenvalue weighted by molar-refractivity contribution is 7.92. The Morgan fingerprint density at radius 3 is 2.19 bits per heavy atom. The second-order valence-corrected chi connectivity index (χ2v) is 8.89. The number of aryl methyl sites for hydroxylation is 1. The van der Waals surface area contributed by atoms with Gasteiger partial charge in [0.1, 0.15) is 5.75 Å². The van der Waals surface area contributed by atoms with E-state index in [0.29, 0.717) is 24.5 Å². The van der Waals surface area contributed by atoms with Crippen LogP contribution in [0.1, 0.15) is 18.1 Å². The molecule has 31 heavy (non-hydrogen) atoms. The zero-order chi connectivity index (χ0) is 22.3. The summed E-state index contributed by atoms with van der Waals surface area (Å²) in [5.41, 5.74) is 2.71. The SMILES string of the molecule is CCN(c1ccc(OCC(=O)NCc2ccc(C)cc2)cc1)S(=O)(=O)c1ccccc1. The van der Waals surface area contributed by atoms with Gasteiger partial charge in [-0.3, -0.25) is 9.10 Å². The first-order chi connectivity index (χ1) is 14.9. The largest absolute Gasteiger partial charge is 0.484 e. The lowest BCUT2D eigenvalue weighted by molar-refractivity contribution is -0.123. The number of anilines is 1. The van der Waals surface area contributed by atoms with E-state index in [4.69, 9.17) is 4.74 Å². The molecule has 6 nitrogen and oxygen atoms in total. The number of carbonyl (C=O) groups is 1. The van der Waals surface area contributed by atoms with Crippen LogP contribution in [0.5, 0.6) is 5.75 Å². The lowest BCUT2D eigenvalue weighted by Crippen LogP contribution is -2.30. The molecular weight excluding hydrogens is 412 g/mol. The fourth-order valence-corrected chi connectivity index (χ4v) is 4.52. The van der Waals surface area contributed by atoms with Crippen molar-refractivity contribution < 1.29 is 17.9 Å². The molecule has 3 aromatic rings. The van der Waals surface area contributed by atoms with E-state index < -0.39 is 10.0 Å². The van der Waals surface area contributed by atoms with Crippen LogP contribution in [0.4, 0.5) is 5.69 Å². The maximum atomic E-state index is 12.9. The van der Waals surface area contributed by atoms with E-state index in [-0.39, 0.29) is 17.4 Å². The smallest absolute Gasteiger partial charge is 0.264 e. The van der Waals surface area contributed by atoms with Crippen LogP contribution >= 0.6 is 0 Å². The Kier molecular flexibility index (Phi) is 7.31. The number of nitrogens with zero attached hydrogens (tertiary/aromatic N) is 1. The highest BCUT2D eigenvalue weighted by atomic mass is 32.2. The van der Waals surface area contributed by atoms with Crippen LogP contribution in [-0.4, -0.2) is 27.5 Å². The zero-order valence-corrected chi connectivity index (χ0v) is 18.4. The summed E-state index contributed by atoms with van der Waals surface area (Å²) in [6, 6.07) is 22.9. The monoisotopic (exact) mass is 438 g/mol. The Morgan fingerprint density at radius 1 is 0.935 bits per heavy atom. The summed E-state index contributed by atoms with van der Waals surface area (Å²) in [6.07, 6.45) is 0. The molecule has 0 aliphatic heterocycles. The maximum Gasteiger partial charge on any atom is 0.264 e. The van der Waals surface area contributed by atoms with Crippen molar-refractivity contribution >= 4 is 21.6 Å². The summed E-state index contributed by atoms with van der Waals surface area (Å²) in [4.78, 5) is 12.3. The number of amides is 1. The average molecular weight is 439 g/mol. The molecule has 0 saturated heterocycles. The second-order valence-electron chi connectivity index (χ2n) is 7.03. The molecule has 1 N–H and O–H groups in total. The van der Waals surface area contributed by atoms with E-state index in [9.17, 15) is 13.2 Å². The number of nitrogens with one attached hydrogen (secondary N) is 1. The van der Waals surface area contributed by atoms with E-state index in [1.807, 2.05) is 31.2 Å². The number of rotatable bonds is 9. The first-order valence-corrected chi connectivity index (χ1v) is 11.5. The van der Waals surface area contributed by atoms with Gasteiger partial charge in [0.25, 0.3) is 15.9 Å². The Bertz CT molecular complexity index is 1100. The number of benzene rings is 3. The van der Waals surface area contributed by atoms with Crippen molar-refractivity contribution in [1.82, 2.24) is 5.32 Å². The summed E-state index contributed by atoms with van der Waals surface area (Å²) in [5, 5.41) is 2.81. The number of hydrogen-bond donors (Lipinski definition) is 1. The van der Waals surface area contributed by atoms with Crippen LogP contribution in [0.15, 0.2) is 83.8 Å². The number of ether oxygens (including phenoxy) is 1. The summed E-state index contributed by atoms with van der Waals surface area (Å²) >= 11 is 0. The fourth-order valence-electron chi connectivity index (χ4n) is 3.03. The second kappa shape index (κ2) is 10.1. The summed E-state index contributed by atoms with van der Waals surface area (Å²) in [7, 11) is -3.65. The summed E-state index contributed by atoms with van der Waals surface area (Å²) in [5.74, 6) is 0.258. The van der Waals surface area contributed by atoms with Crippen LogP contribution < -0.4 is 14.4 Å². The first-order valence-electron chi connectivity index (χ1n) is 10.0. The van der Waals surface area contributed by atoms with Crippen LogP contribution in [0, 0.1) is 6.92 Å². The molecule has 0 saturated carbocycles. The van der Waals surface area contributed by atoms with Gasteiger partial charge in [-0.15, -0.1) is 0 Å². The van der Waals surface area contributed by atoms with Gasteiger partial charge < -0.3 is 10.1 Å². The van der Waals surface area contributed by atoms with Gasteiger partial charge in [-0.25, -0.2) is 8.42 Å². The van der Waals surface area contributed by atoms with Gasteiger partial charge in [0.05, 0.1) is 10.6 Å². The topological polar surface area (TPSA) is 75.7 Å². The molecule has 3 rings (SSSR count). The Balaban J connectivity index is 1.57. The van der Waals surface area contributed by atoms with Crippen molar-refractivity contribution in [1.29, 1.82) is 0 Å². The quantitative estimate of drug-likeness (QED) is 0.550. The van der Waals surface area contributed by atoms with Crippen molar-refractivity contribution in [3.8, 4) is 5.75 Å². The van der Waals surface area contributed by atoms with Gasteiger partial charge in [0.15, 0.2) is 6.61 Å². The van der Waals surface area contributed by atoms with E-state index in [2.05, 4.69) is 5.32 Å². The Labute approximate surface area is 183 Å². The van der Waals surface area contributed by atoms with E-state index in [1.54, 1.807) is 61.5 Å².